The lowest BCUT2D eigenvalue weighted by Gasteiger charge is -2.23. The molecule has 0 aliphatic carbocycles. The van der Waals surface area contributed by atoms with Gasteiger partial charge in [-0.15, -0.1) is 0 Å². The summed E-state index contributed by atoms with van der Waals surface area (Å²) in [5.74, 6) is 2.88. The Morgan fingerprint density at radius 1 is 1.14 bits per heavy atom. The fraction of sp³-hybridized carbons (Fsp3) is 0.500. The first-order valence-corrected chi connectivity index (χ1v) is 9.28. The number of ether oxygens (including phenoxy) is 3. The molecule has 0 amide bonds. The van der Waals surface area contributed by atoms with Crippen molar-refractivity contribution < 1.29 is 14.2 Å². The molecule has 28 heavy (non-hydrogen) atoms. The highest BCUT2D eigenvalue weighted by atomic mass is 16.5. The molecule has 2 aromatic rings. The Morgan fingerprint density at radius 3 is 2.61 bits per heavy atom. The summed E-state index contributed by atoms with van der Waals surface area (Å²) in [7, 11) is 9.19. The molecule has 1 aliphatic heterocycles. The number of nitrogens with one attached hydrogen (secondary N) is 1. The highest BCUT2D eigenvalue weighted by Gasteiger charge is 2.35. The number of anilines is 2. The van der Waals surface area contributed by atoms with Gasteiger partial charge in [0.25, 0.3) is 0 Å². The summed E-state index contributed by atoms with van der Waals surface area (Å²) in [4.78, 5) is 13.5. The average molecular weight is 387 g/mol. The largest absolute Gasteiger partial charge is 0.493 e. The Balaban J connectivity index is 1.71. The number of rotatable bonds is 8. The number of methoxy groups -OCH3 is 3. The molecule has 1 aromatic heterocycles. The standard InChI is InChI=1S/C20H29N5O3/c1-24(2)15-12-25(13-17(15)27-4)18-9-10-21-20(23-18)22-11-14-7-6-8-16(26-3)19(14)28-5/h6-10,15,17H,11-13H2,1-5H3,(H,21,22,23)/t15-,17+/m0/s1. The van der Waals surface area contributed by atoms with Crippen LogP contribution in [0.5, 0.6) is 11.5 Å². The van der Waals surface area contributed by atoms with E-state index in [1.807, 2.05) is 24.3 Å². The Hall–Kier alpha value is -2.58. The van der Waals surface area contributed by atoms with Crippen LogP contribution in [0.25, 0.3) is 0 Å². The van der Waals surface area contributed by atoms with Crippen molar-refractivity contribution in [2.75, 3.05) is 58.7 Å². The first kappa shape index (κ1) is 20.2. The Labute approximate surface area is 166 Å². The number of nitrogens with zero attached hydrogens (tertiary/aromatic N) is 4. The highest BCUT2D eigenvalue weighted by molar-refractivity contribution is 5.49. The molecular weight excluding hydrogens is 358 g/mol. The maximum absolute atomic E-state index is 5.65. The molecule has 0 radical (unpaired) electrons. The van der Waals surface area contributed by atoms with E-state index in [0.717, 1.165) is 24.5 Å². The minimum absolute atomic E-state index is 0.155. The lowest BCUT2D eigenvalue weighted by Crippen LogP contribution is -2.39. The van der Waals surface area contributed by atoms with E-state index in [1.165, 1.54) is 0 Å². The van der Waals surface area contributed by atoms with E-state index < -0.39 is 0 Å². The summed E-state index contributed by atoms with van der Waals surface area (Å²) in [6, 6.07) is 8.07. The van der Waals surface area contributed by atoms with Crippen LogP contribution in [0.2, 0.25) is 0 Å². The van der Waals surface area contributed by atoms with Crippen LogP contribution in [0.15, 0.2) is 30.5 Å². The summed E-state index contributed by atoms with van der Waals surface area (Å²) in [6.45, 7) is 2.20. The van der Waals surface area contributed by atoms with Crippen molar-refractivity contribution >= 4 is 11.8 Å². The zero-order valence-electron chi connectivity index (χ0n) is 17.2. The summed E-state index contributed by atoms with van der Waals surface area (Å²) in [5, 5.41) is 3.28. The van der Waals surface area contributed by atoms with Gasteiger partial charge in [-0.25, -0.2) is 4.98 Å². The predicted molar refractivity (Wildman–Crippen MR) is 109 cm³/mol. The molecule has 2 heterocycles. The van der Waals surface area contributed by atoms with Crippen LogP contribution in [0.1, 0.15) is 5.56 Å². The number of para-hydroxylation sites is 1. The minimum Gasteiger partial charge on any atom is -0.493 e. The molecule has 1 fully saturated rings. The average Bonchev–Trinajstić information content (AvgIpc) is 3.17. The van der Waals surface area contributed by atoms with E-state index in [4.69, 9.17) is 14.2 Å². The van der Waals surface area contributed by atoms with E-state index in [9.17, 15) is 0 Å². The molecule has 1 aliphatic rings. The number of benzene rings is 1. The van der Waals surface area contributed by atoms with Gasteiger partial charge in [0.1, 0.15) is 5.82 Å². The minimum atomic E-state index is 0.155. The number of likely N-dealkylation sites (N-methyl/N-ethyl adjacent to an activating group) is 1. The third kappa shape index (κ3) is 4.28. The molecule has 8 nitrogen and oxygen atoms in total. The Bertz CT molecular complexity index is 786. The zero-order valence-corrected chi connectivity index (χ0v) is 17.2. The zero-order chi connectivity index (χ0) is 20.1. The van der Waals surface area contributed by atoms with Crippen LogP contribution >= 0.6 is 0 Å². The maximum Gasteiger partial charge on any atom is 0.224 e. The Kier molecular flexibility index (Phi) is 6.53. The van der Waals surface area contributed by atoms with Crippen molar-refractivity contribution in [3.63, 3.8) is 0 Å². The summed E-state index contributed by atoms with van der Waals surface area (Å²) < 4.78 is 16.5. The van der Waals surface area contributed by atoms with Crippen LogP contribution in [0, 0.1) is 0 Å². The molecule has 0 spiro atoms. The van der Waals surface area contributed by atoms with Crippen LogP contribution in [0.4, 0.5) is 11.8 Å². The summed E-state index contributed by atoms with van der Waals surface area (Å²) >= 11 is 0. The van der Waals surface area contributed by atoms with Gasteiger partial charge < -0.3 is 29.3 Å². The maximum atomic E-state index is 5.65. The van der Waals surface area contributed by atoms with E-state index in [0.29, 0.717) is 30.0 Å². The van der Waals surface area contributed by atoms with Gasteiger partial charge >= 0.3 is 0 Å². The molecule has 0 bridgehead atoms. The molecular formula is C20H29N5O3. The number of hydrogen-bond acceptors (Lipinski definition) is 8. The van der Waals surface area contributed by atoms with Crippen molar-refractivity contribution in [2.45, 2.75) is 18.7 Å². The van der Waals surface area contributed by atoms with E-state index in [-0.39, 0.29) is 6.10 Å². The number of aromatic nitrogens is 2. The van der Waals surface area contributed by atoms with Crippen LogP contribution in [0.3, 0.4) is 0 Å². The first-order chi connectivity index (χ1) is 13.6. The third-order valence-corrected chi connectivity index (χ3v) is 5.09. The van der Waals surface area contributed by atoms with Crippen molar-refractivity contribution in [3.05, 3.63) is 36.0 Å². The fourth-order valence-corrected chi connectivity index (χ4v) is 3.55. The van der Waals surface area contributed by atoms with Crippen LogP contribution in [-0.2, 0) is 11.3 Å². The topological polar surface area (TPSA) is 72.0 Å². The smallest absolute Gasteiger partial charge is 0.224 e. The fourth-order valence-electron chi connectivity index (χ4n) is 3.55. The molecule has 8 heteroatoms. The molecule has 1 saturated heterocycles. The third-order valence-electron chi connectivity index (χ3n) is 5.09. The second-order valence-corrected chi connectivity index (χ2v) is 6.95. The SMILES string of the molecule is COc1cccc(CNc2nccc(N3C[C@@H](OC)[C@@H](N(C)C)C3)n2)c1OC. The van der Waals surface area contributed by atoms with Gasteiger partial charge in [-0.1, -0.05) is 12.1 Å². The van der Waals surface area contributed by atoms with Crippen LogP contribution < -0.4 is 19.7 Å². The summed E-state index contributed by atoms with van der Waals surface area (Å²) in [6.07, 6.45) is 1.93. The van der Waals surface area contributed by atoms with Gasteiger partial charge in [-0.2, -0.15) is 4.98 Å². The first-order valence-electron chi connectivity index (χ1n) is 9.28. The normalized spacial score (nSPS) is 19.1. The van der Waals surface area contributed by atoms with Crippen LogP contribution in [-0.4, -0.2) is 75.5 Å². The van der Waals surface area contributed by atoms with Gasteiger partial charge in [0.15, 0.2) is 11.5 Å². The quantitative estimate of drug-likeness (QED) is 0.736. The lowest BCUT2D eigenvalue weighted by molar-refractivity contribution is 0.0639. The molecule has 2 atom stereocenters. The molecule has 152 valence electrons. The predicted octanol–water partition coefficient (Wildman–Crippen LogP) is 1.87. The van der Waals surface area contributed by atoms with E-state index >= 15 is 0 Å². The molecule has 0 saturated carbocycles. The second-order valence-electron chi connectivity index (χ2n) is 6.95. The van der Waals surface area contributed by atoms with Gasteiger partial charge in [-0.3, -0.25) is 0 Å². The van der Waals surface area contributed by atoms with Crippen molar-refractivity contribution in [1.29, 1.82) is 0 Å². The highest BCUT2D eigenvalue weighted by Crippen LogP contribution is 2.31. The van der Waals surface area contributed by atoms with Gasteiger partial charge in [0.05, 0.1) is 26.4 Å². The lowest BCUT2D eigenvalue weighted by atomic mass is 10.2. The molecule has 1 N–H and O–H groups in total. The molecule has 0 unspecified atom stereocenters. The van der Waals surface area contributed by atoms with Gasteiger partial charge in [0.2, 0.25) is 5.95 Å². The van der Waals surface area contributed by atoms with Gasteiger partial charge in [-0.05, 0) is 26.2 Å². The second kappa shape index (κ2) is 9.07. The van der Waals surface area contributed by atoms with E-state index in [1.54, 1.807) is 27.5 Å². The molecule has 1 aromatic carbocycles. The monoisotopic (exact) mass is 387 g/mol. The Morgan fingerprint density at radius 2 is 1.96 bits per heavy atom. The van der Waals surface area contributed by atoms with Crippen molar-refractivity contribution in [3.8, 4) is 11.5 Å². The molecule has 3 rings (SSSR count). The number of hydrogen-bond donors (Lipinski definition) is 1. The van der Waals surface area contributed by atoms with Crippen molar-refractivity contribution in [2.24, 2.45) is 0 Å². The van der Waals surface area contributed by atoms with Crippen molar-refractivity contribution in [1.82, 2.24) is 14.9 Å². The van der Waals surface area contributed by atoms with Gasteiger partial charge in [0, 0.05) is 38.5 Å². The van der Waals surface area contributed by atoms with E-state index in [2.05, 4.69) is 39.2 Å². The summed E-state index contributed by atoms with van der Waals surface area (Å²) in [5.41, 5.74) is 0.976.